The van der Waals surface area contributed by atoms with Crippen LogP contribution in [0.15, 0.2) is 23.0 Å². The Hall–Kier alpha value is -2.94. The summed E-state index contributed by atoms with van der Waals surface area (Å²) in [5.41, 5.74) is 5.97. The van der Waals surface area contributed by atoms with Crippen LogP contribution in [-0.4, -0.2) is 40.1 Å². The van der Waals surface area contributed by atoms with Crippen molar-refractivity contribution in [1.29, 1.82) is 0 Å². The summed E-state index contributed by atoms with van der Waals surface area (Å²) in [6.07, 6.45) is 7.63. The molecule has 2 aromatic rings. The second-order valence-electron chi connectivity index (χ2n) is 9.20. The van der Waals surface area contributed by atoms with Crippen molar-refractivity contribution < 1.29 is 14.3 Å². The van der Waals surface area contributed by atoms with Crippen molar-refractivity contribution in [2.45, 2.75) is 63.6 Å². The summed E-state index contributed by atoms with van der Waals surface area (Å²) in [5, 5.41) is 6.68. The fraction of sp³-hybridized carbons (Fsp3) is 0.565. The molecule has 5 rings (SSSR count). The molecule has 2 amide bonds. The normalized spacial score (nSPS) is 25.6. The number of anilines is 1. The first-order valence-electron chi connectivity index (χ1n) is 11.5. The molecule has 0 radical (unpaired) electrons. The van der Waals surface area contributed by atoms with Crippen LogP contribution in [0, 0.1) is 11.8 Å². The summed E-state index contributed by atoms with van der Waals surface area (Å²) in [6, 6.07) is 5.68. The average molecular weight is 440 g/mol. The fourth-order valence-electron chi connectivity index (χ4n) is 5.53. The van der Waals surface area contributed by atoms with E-state index in [9.17, 15) is 14.4 Å². The van der Waals surface area contributed by atoms with Gasteiger partial charge in [-0.15, -0.1) is 0 Å². The van der Waals surface area contributed by atoms with Gasteiger partial charge in [-0.25, -0.2) is 4.98 Å². The van der Waals surface area contributed by atoms with Crippen LogP contribution in [0.1, 0.15) is 44.9 Å². The molecule has 9 nitrogen and oxygen atoms in total. The van der Waals surface area contributed by atoms with Crippen LogP contribution in [0.5, 0.6) is 5.75 Å². The summed E-state index contributed by atoms with van der Waals surface area (Å²) in [7, 11) is 0. The molecule has 1 aromatic heterocycles. The van der Waals surface area contributed by atoms with Crippen LogP contribution in [0.25, 0.3) is 10.9 Å². The van der Waals surface area contributed by atoms with E-state index >= 15 is 0 Å². The minimum Gasteiger partial charge on any atom is -0.494 e. The van der Waals surface area contributed by atoms with Gasteiger partial charge in [-0.3, -0.25) is 24.3 Å². The van der Waals surface area contributed by atoms with E-state index in [1.165, 1.54) is 30.3 Å². The summed E-state index contributed by atoms with van der Waals surface area (Å²) in [4.78, 5) is 40.8. The second-order valence-corrected chi connectivity index (χ2v) is 9.20. The number of fused-ring (bicyclic) bond motifs is 3. The minimum absolute atomic E-state index is 0.0290. The zero-order valence-corrected chi connectivity index (χ0v) is 18.0. The molecular weight excluding hydrogens is 410 g/mol. The predicted octanol–water partition coefficient (Wildman–Crippen LogP) is 1.53. The van der Waals surface area contributed by atoms with Gasteiger partial charge in [0.25, 0.3) is 5.56 Å². The average Bonchev–Trinajstić information content (AvgIpc) is 3.17. The molecule has 4 atom stereocenters. The predicted molar refractivity (Wildman–Crippen MR) is 119 cm³/mol. The second kappa shape index (κ2) is 8.54. The molecule has 1 saturated carbocycles. The van der Waals surface area contributed by atoms with Gasteiger partial charge in [0.05, 0.1) is 23.4 Å². The largest absolute Gasteiger partial charge is 0.494 e. The van der Waals surface area contributed by atoms with Gasteiger partial charge < -0.3 is 15.8 Å². The van der Waals surface area contributed by atoms with E-state index in [0.717, 1.165) is 18.8 Å². The molecule has 170 valence electrons. The number of hydrogen-bond donors (Lipinski definition) is 3. The van der Waals surface area contributed by atoms with Gasteiger partial charge in [-0.05, 0) is 56.2 Å². The van der Waals surface area contributed by atoms with Crippen LogP contribution in [0.2, 0.25) is 0 Å². The molecule has 0 bridgehead atoms. The first kappa shape index (κ1) is 20.9. The van der Waals surface area contributed by atoms with E-state index < -0.39 is 0 Å². The van der Waals surface area contributed by atoms with Gasteiger partial charge in [0, 0.05) is 12.1 Å². The van der Waals surface area contributed by atoms with Crippen molar-refractivity contribution >= 4 is 28.7 Å². The molecule has 2 aliphatic heterocycles. The highest BCUT2D eigenvalue weighted by Gasteiger charge is 2.36. The van der Waals surface area contributed by atoms with Gasteiger partial charge in [0.2, 0.25) is 17.8 Å². The Morgan fingerprint density at radius 1 is 1.22 bits per heavy atom. The SMILES string of the molecule is NC(=O)C(CCOc1ccc2nc3n(c(=O)c2c1)CC(=O)N3)C1CCC2CCCCC2N1. The number of hydrogen-bond acceptors (Lipinski definition) is 6. The molecule has 3 aliphatic rings. The maximum atomic E-state index is 12.7. The Morgan fingerprint density at radius 3 is 2.91 bits per heavy atom. The topological polar surface area (TPSA) is 128 Å². The Labute approximate surface area is 185 Å². The quantitative estimate of drug-likeness (QED) is 0.626. The number of benzene rings is 1. The van der Waals surface area contributed by atoms with Crippen molar-refractivity contribution in [1.82, 2.24) is 14.9 Å². The third-order valence-electron chi connectivity index (χ3n) is 7.21. The number of primary amides is 1. The number of carbonyl (C=O) groups is 2. The zero-order chi connectivity index (χ0) is 22.2. The number of ether oxygens (including phenoxy) is 1. The molecule has 4 N–H and O–H groups in total. The van der Waals surface area contributed by atoms with Crippen LogP contribution in [0.3, 0.4) is 0 Å². The number of nitrogens with two attached hydrogens (primary N) is 1. The lowest BCUT2D eigenvalue weighted by Gasteiger charge is -2.42. The highest BCUT2D eigenvalue weighted by atomic mass is 16.5. The van der Waals surface area contributed by atoms with E-state index in [-0.39, 0.29) is 41.8 Å². The van der Waals surface area contributed by atoms with Crippen LogP contribution < -0.4 is 26.7 Å². The van der Waals surface area contributed by atoms with E-state index in [0.29, 0.717) is 35.7 Å². The molecule has 4 unspecified atom stereocenters. The maximum absolute atomic E-state index is 12.7. The molecular formula is C23H29N5O4. The van der Waals surface area contributed by atoms with E-state index in [4.69, 9.17) is 10.5 Å². The number of nitrogens with one attached hydrogen (secondary N) is 2. The zero-order valence-electron chi connectivity index (χ0n) is 18.0. The third-order valence-corrected chi connectivity index (χ3v) is 7.21. The minimum atomic E-state index is -0.297. The highest BCUT2D eigenvalue weighted by Crippen LogP contribution is 2.34. The first-order valence-corrected chi connectivity index (χ1v) is 11.5. The Balaban J connectivity index is 1.25. The lowest BCUT2D eigenvalue weighted by Crippen LogP contribution is -2.54. The fourth-order valence-corrected chi connectivity index (χ4v) is 5.53. The van der Waals surface area contributed by atoms with Crippen LogP contribution >= 0.6 is 0 Å². The summed E-state index contributed by atoms with van der Waals surface area (Å²) >= 11 is 0. The molecule has 9 heteroatoms. The van der Waals surface area contributed by atoms with Crippen molar-refractivity contribution in [3.05, 3.63) is 28.6 Å². The number of aromatic nitrogens is 2. The van der Waals surface area contributed by atoms with Crippen molar-refractivity contribution in [2.24, 2.45) is 17.6 Å². The number of rotatable bonds is 6. The van der Waals surface area contributed by atoms with Gasteiger partial charge in [-0.2, -0.15) is 0 Å². The molecule has 0 spiro atoms. The van der Waals surface area contributed by atoms with Gasteiger partial charge in [-0.1, -0.05) is 12.8 Å². The van der Waals surface area contributed by atoms with E-state index in [1.807, 2.05) is 0 Å². The molecule has 1 aliphatic carbocycles. The lowest BCUT2D eigenvalue weighted by molar-refractivity contribution is -0.123. The third kappa shape index (κ3) is 3.97. The summed E-state index contributed by atoms with van der Waals surface area (Å²) in [6.45, 7) is 0.295. The van der Waals surface area contributed by atoms with Crippen molar-refractivity contribution in [3.63, 3.8) is 0 Å². The van der Waals surface area contributed by atoms with Crippen molar-refractivity contribution in [2.75, 3.05) is 11.9 Å². The van der Waals surface area contributed by atoms with E-state index in [2.05, 4.69) is 15.6 Å². The Bertz CT molecular complexity index is 1110. The van der Waals surface area contributed by atoms with Crippen LogP contribution in [-0.2, 0) is 16.1 Å². The summed E-state index contributed by atoms with van der Waals surface area (Å²) in [5.74, 6) is 0.684. The van der Waals surface area contributed by atoms with Gasteiger partial charge in [0.15, 0.2) is 0 Å². The number of nitrogens with zero attached hydrogens (tertiary/aromatic N) is 2. The van der Waals surface area contributed by atoms with Gasteiger partial charge in [0.1, 0.15) is 12.3 Å². The number of amides is 2. The molecule has 32 heavy (non-hydrogen) atoms. The molecule has 1 saturated heterocycles. The maximum Gasteiger partial charge on any atom is 0.263 e. The highest BCUT2D eigenvalue weighted by molar-refractivity contribution is 5.94. The monoisotopic (exact) mass is 439 g/mol. The molecule has 1 aromatic carbocycles. The van der Waals surface area contributed by atoms with E-state index in [1.54, 1.807) is 18.2 Å². The smallest absolute Gasteiger partial charge is 0.263 e. The Kier molecular flexibility index (Phi) is 5.58. The standard InChI is InChI=1S/C23H29N5O4/c24-21(30)15(18-7-5-13-3-1-2-4-17(13)25-18)9-10-32-14-6-8-19-16(11-14)22(31)28-12-20(29)27-23(28)26-19/h6,8,11,13,15,17-18,25H,1-5,7,9-10,12H2,(H2,24,30)(H,26,27,29). The first-order chi connectivity index (χ1) is 15.5. The Morgan fingerprint density at radius 2 is 2.06 bits per heavy atom. The number of piperidine rings is 1. The summed E-state index contributed by atoms with van der Waals surface area (Å²) < 4.78 is 7.22. The van der Waals surface area contributed by atoms with Crippen molar-refractivity contribution in [3.8, 4) is 5.75 Å². The van der Waals surface area contributed by atoms with Crippen LogP contribution in [0.4, 0.5) is 5.95 Å². The lowest BCUT2D eigenvalue weighted by atomic mass is 9.75. The van der Waals surface area contributed by atoms with Gasteiger partial charge >= 0.3 is 0 Å². The number of carbonyl (C=O) groups excluding carboxylic acids is 2. The molecule has 3 heterocycles. The molecule has 2 fully saturated rings.